The summed E-state index contributed by atoms with van der Waals surface area (Å²) >= 11 is 0. The molecule has 0 aliphatic heterocycles. The molecule has 1 saturated carbocycles. The van der Waals surface area contributed by atoms with Crippen LogP contribution in [-0.2, 0) is 10.8 Å². The van der Waals surface area contributed by atoms with Crippen LogP contribution in [0.2, 0.25) is 0 Å². The van der Waals surface area contributed by atoms with E-state index in [1.807, 2.05) is 0 Å². The van der Waals surface area contributed by atoms with Crippen molar-refractivity contribution in [3.05, 3.63) is 0 Å². The minimum Gasteiger partial charge on any atom is -0.313 e. The summed E-state index contributed by atoms with van der Waals surface area (Å²) in [6, 6.07) is 0.493. The number of rotatable bonds is 9. The van der Waals surface area contributed by atoms with E-state index in [4.69, 9.17) is 0 Å². The first-order chi connectivity index (χ1) is 9.60. The Morgan fingerprint density at radius 1 is 1.15 bits per heavy atom. The monoisotopic (exact) mass is 301 g/mol. The lowest BCUT2D eigenvalue weighted by Crippen LogP contribution is -2.47. The van der Waals surface area contributed by atoms with Crippen LogP contribution in [0.15, 0.2) is 0 Å². The SMILES string of the molecule is CCCCCS(=O)C1CC(C(C)C)CCC1NCCC. The molecule has 4 unspecified atom stereocenters. The van der Waals surface area contributed by atoms with Crippen molar-refractivity contribution in [1.82, 2.24) is 5.32 Å². The van der Waals surface area contributed by atoms with Gasteiger partial charge in [0.1, 0.15) is 0 Å². The van der Waals surface area contributed by atoms with Crippen molar-refractivity contribution in [2.75, 3.05) is 12.3 Å². The van der Waals surface area contributed by atoms with Crippen LogP contribution in [0.25, 0.3) is 0 Å². The van der Waals surface area contributed by atoms with Crippen molar-refractivity contribution in [2.45, 2.75) is 83.9 Å². The number of hydrogen-bond donors (Lipinski definition) is 1. The predicted octanol–water partition coefficient (Wildman–Crippen LogP) is 4.12. The third kappa shape index (κ3) is 5.85. The topological polar surface area (TPSA) is 29.1 Å². The zero-order valence-corrected chi connectivity index (χ0v) is 14.8. The first-order valence-electron chi connectivity index (χ1n) is 8.70. The van der Waals surface area contributed by atoms with Gasteiger partial charge in [0.05, 0.1) is 5.25 Å². The molecule has 0 bridgehead atoms. The molecular weight excluding hydrogens is 266 g/mol. The molecule has 20 heavy (non-hydrogen) atoms. The van der Waals surface area contributed by atoms with Gasteiger partial charge in [0.15, 0.2) is 0 Å². The van der Waals surface area contributed by atoms with Gasteiger partial charge in [-0.05, 0) is 50.5 Å². The molecule has 0 saturated heterocycles. The van der Waals surface area contributed by atoms with E-state index in [-0.39, 0.29) is 0 Å². The van der Waals surface area contributed by atoms with Crippen LogP contribution in [0.3, 0.4) is 0 Å². The molecule has 0 spiro atoms. The number of hydrogen-bond acceptors (Lipinski definition) is 2. The normalized spacial score (nSPS) is 28.8. The van der Waals surface area contributed by atoms with Crippen LogP contribution in [-0.4, -0.2) is 27.8 Å². The molecule has 1 aliphatic carbocycles. The van der Waals surface area contributed by atoms with E-state index in [0.717, 1.165) is 37.0 Å². The van der Waals surface area contributed by atoms with Crippen molar-refractivity contribution in [1.29, 1.82) is 0 Å². The Kier molecular flexibility index (Phi) is 9.03. The standard InChI is InChI=1S/C17H35NOS/c1-5-7-8-12-20(19)17-13-15(14(3)4)9-10-16(17)18-11-6-2/h14-18H,5-13H2,1-4H3. The summed E-state index contributed by atoms with van der Waals surface area (Å²) in [6.45, 7) is 10.1. The van der Waals surface area contributed by atoms with Crippen molar-refractivity contribution < 1.29 is 4.21 Å². The maximum absolute atomic E-state index is 12.7. The number of unbranched alkanes of at least 4 members (excludes halogenated alkanes) is 2. The van der Waals surface area contributed by atoms with E-state index in [1.54, 1.807) is 0 Å². The van der Waals surface area contributed by atoms with Gasteiger partial charge < -0.3 is 5.32 Å². The molecule has 0 aromatic rings. The maximum Gasteiger partial charge on any atom is 0.0503 e. The fourth-order valence-corrected chi connectivity index (χ4v) is 5.12. The Morgan fingerprint density at radius 3 is 2.50 bits per heavy atom. The van der Waals surface area contributed by atoms with Crippen molar-refractivity contribution in [3.8, 4) is 0 Å². The lowest BCUT2D eigenvalue weighted by molar-refractivity contribution is 0.243. The lowest BCUT2D eigenvalue weighted by Gasteiger charge is -2.38. The fourth-order valence-electron chi connectivity index (χ4n) is 3.27. The average molecular weight is 302 g/mol. The third-order valence-corrected chi connectivity index (χ3v) is 6.61. The highest BCUT2D eigenvalue weighted by Crippen LogP contribution is 2.33. The van der Waals surface area contributed by atoms with E-state index < -0.39 is 10.8 Å². The maximum atomic E-state index is 12.7. The molecule has 120 valence electrons. The van der Waals surface area contributed by atoms with Gasteiger partial charge in [-0.2, -0.15) is 0 Å². The third-order valence-electron chi connectivity index (χ3n) is 4.72. The van der Waals surface area contributed by atoms with E-state index in [0.29, 0.717) is 11.3 Å². The van der Waals surface area contributed by atoms with Crippen LogP contribution in [0.4, 0.5) is 0 Å². The molecular formula is C17H35NOS. The van der Waals surface area contributed by atoms with Gasteiger partial charge in [0, 0.05) is 22.6 Å². The smallest absolute Gasteiger partial charge is 0.0503 e. The molecule has 0 heterocycles. The zero-order chi connectivity index (χ0) is 15.0. The van der Waals surface area contributed by atoms with Crippen LogP contribution in [0, 0.1) is 11.8 Å². The molecule has 3 heteroatoms. The Hall–Kier alpha value is 0.110. The summed E-state index contributed by atoms with van der Waals surface area (Å²) in [5, 5.41) is 4.05. The summed E-state index contributed by atoms with van der Waals surface area (Å²) in [6.07, 6.45) is 8.42. The minimum absolute atomic E-state index is 0.388. The quantitative estimate of drug-likeness (QED) is 0.649. The lowest BCUT2D eigenvalue weighted by atomic mass is 9.79. The summed E-state index contributed by atoms with van der Waals surface area (Å²) in [5.41, 5.74) is 0. The average Bonchev–Trinajstić information content (AvgIpc) is 2.44. The zero-order valence-electron chi connectivity index (χ0n) is 14.0. The molecule has 0 aromatic carbocycles. The molecule has 1 rings (SSSR count). The van der Waals surface area contributed by atoms with Gasteiger partial charge in [0.25, 0.3) is 0 Å². The van der Waals surface area contributed by atoms with Gasteiger partial charge in [-0.15, -0.1) is 0 Å². The van der Waals surface area contributed by atoms with Gasteiger partial charge in [-0.1, -0.05) is 40.5 Å². The molecule has 1 fully saturated rings. The largest absolute Gasteiger partial charge is 0.313 e. The van der Waals surface area contributed by atoms with Crippen molar-refractivity contribution >= 4 is 10.8 Å². The molecule has 2 nitrogen and oxygen atoms in total. The summed E-state index contributed by atoms with van der Waals surface area (Å²) < 4.78 is 12.7. The molecule has 1 N–H and O–H groups in total. The van der Waals surface area contributed by atoms with Crippen molar-refractivity contribution in [3.63, 3.8) is 0 Å². The Labute approximate surface area is 128 Å². The minimum atomic E-state index is -0.641. The molecule has 4 atom stereocenters. The van der Waals surface area contributed by atoms with Gasteiger partial charge >= 0.3 is 0 Å². The number of nitrogens with one attached hydrogen (secondary N) is 1. The Bertz CT molecular complexity index is 280. The second-order valence-corrected chi connectivity index (χ2v) is 8.48. The van der Waals surface area contributed by atoms with Crippen LogP contribution in [0.5, 0.6) is 0 Å². The highest BCUT2D eigenvalue weighted by Gasteiger charge is 2.34. The summed E-state index contributed by atoms with van der Waals surface area (Å²) in [5.74, 6) is 2.42. The van der Waals surface area contributed by atoms with E-state index in [2.05, 4.69) is 33.0 Å². The van der Waals surface area contributed by atoms with Crippen molar-refractivity contribution in [2.24, 2.45) is 11.8 Å². The van der Waals surface area contributed by atoms with E-state index in [9.17, 15) is 4.21 Å². The first-order valence-corrected chi connectivity index (χ1v) is 10.1. The fraction of sp³-hybridized carbons (Fsp3) is 1.00. The molecule has 0 radical (unpaired) electrons. The molecule has 1 aliphatic rings. The van der Waals surface area contributed by atoms with E-state index in [1.165, 1.54) is 32.1 Å². The van der Waals surface area contributed by atoms with Crippen LogP contribution >= 0.6 is 0 Å². The molecule has 0 amide bonds. The second kappa shape index (κ2) is 9.94. The highest BCUT2D eigenvalue weighted by atomic mass is 32.2. The van der Waals surface area contributed by atoms with Gasteiger partial charge in [0.2, 0.25) is 0 Å². The molecule has 0 aromatic heterocycles. The second-order valence-electron chi connectivity index (χ2n) is 6.71. The highest BCUT2D eigenvalue weighted by molar-refractivity contribution is 7.85. The summed E-state index contributed by atoms with van der Waals surface area (Å²) in [4.78, 5) is 0. The van der Waals surface area contributed by atoms with Gasteiger partial charge in [-0.25, -0.2) is 0 Å². The van der Waals surface area contributed by atoms with Gasteiger partial charge in [-0.3, -0.25) is 4.21 Å². The van der Waals surface area contributed by atoms with Crippen LogP contribution < -0.4 is 5.32 Å². The van der Waals surface area contributed by atoms with Crippen LogP contribution in [0.1, 0.15) is 72.6 Å². The Balaban J connectivity index is 2.58. The Morgan fingerprint density at radius 2 is 1.90 bits per heavy atom. The predicted molar refractivity (Wildman–Crippen MR) is 90.6 cm³/mol. The first kappa shape index (κ1) is 18.2. The summed E-state index contributed by atoms with van der Waals surface area (Å²) in [7, 11) is -0.641. The van der Waals surface area contributed by atoms with E-state index >= 15 is 0 Å².